The second kappa shape index (κ2) is 14.9. The van der Waals surface area contributed by atoms with Gasteiger partial charge in [-0.3, -0.25) is 9.55 Å². The van der Waals surface area contributed by atoms with E-state index in [1.807, 2.05) is 91.3 Å². The van der Waals surface area contributed by atoms with Crippen LogP contribution in [0.25, 0.3) is 72.7 Å². The van der Waals surface area contributed by atoms with Crippen LogP contribution < -0.4 is 0 Å². The van der Waals surface area contributed by atoms with Crippen molar-refractivity contribution in [3.63, 3.8) is 0 Å². The largest absolute Gasteiger partial charge is 0.507 e. The Bertz CT molecular complexity index is 2800. The Labute approximate surface area is 343 Å². The summed E-state index contributed by atoms with van der Waals surface area (Å²) in [5, 5.41) is 11.6. The molecule has 2 heterocycles. The van der Waals surface area contributed by atoms with Gasteiger partial charge in [-0.1, -0.05) is 122 Å². The van der Waals surface area contributed by atoms with Crippen LogP contribution >= 0.6 is 0 Å². The van der Waals surface area contributed by atoms with Crippen LogP contribution in [0.3, 0.4) is 0 Å². The monoisotopic (exact) mass is 900 g/mol. The summed E-state index contributed by atoms with van der Waals surface area (Å²) < 4.78 is 27.4. The van der Waals surface area contributed by atoms with E-state index in [0.717, 1.165) is 66.8 Å². The van der Waals surface area contributed by atoms with Gasteiger partial charge in [-0.25, -0.2) is 4.98 Å². The Morgan fingerprint density at radius 1 is 0.655 bits per heavy atom. The van der Waals surface area contributed by atoms with Crippen molar-refractivity contribution in [1.29, 1.82) is 0 Å². The maximum absolute atomic E-state index is 11.6. The first-order chi connectivity index (χ1) is 27.1. The van der Waals surface area contributed by atoms with Gasteiger partial charge in [-0.05, 0) is 102 Å². The summed E-state index contributed by atoms with van der Waals surface area (Å²) in [6.45, 7) is 10.2. The summed E-state index contributed by atoms with van der Waals surface area (Å²) in [5.74, 6) is 0.625. The third-order valence-electron chi connectivity index (χ3n) is 10.1. The van der Waals surface area contributed by atoms with Gasteiger partial charge >= 0.3 is 0 Å². The van der Waals surface area contributed by atoms with E-state index in [1.165, 1.54) is 5.56 Å². The molecule has 8 rings (SSSR count). The van der Waals surface area contributed by atoms with Crippen LogP contribution in [0.2, 0.25) is 0 Å². The number of hydrogen-bond acceptors (Lipinski definition) is 3. The van der Waals surface area contributed by atoms with E-state index in [0.29, 0.717) is 22.6 Å². The maximum Gasteiger partial charge on any atom is 0.148 e. The molecule has 8 aromatic rings. The summed E-state index contributed by atoms with van der Waals surface area (Å²) in [6, 6.07) is 45.9. The van der Waals surface area contributed by atoms with Gasteiger partial charge in [0.1, 0.15) is 11.6 Å². The standard InChI is InChI=1S/C50H44N3O.Pt/c1-31-16-18-36(19-17-31)37-20-21-51-45(30-37)40-26-39(27-41(28-40)50(5,6)7)43-14-11-15-46-47(43)52-49(44-25-32(2)22-34(4)48(44)54)53(46)42-24-33(3)23-38(29-42)35-12-9-8-10-13-35;/h8-25,27-30,54H,1-7H3;/q-1;/i3D3;. The summed E-state index contributed by atoms with van der Waals surface area (Å²) in [7, 11) is 0. The van der Waals surface area contributed by atoms with Crippen molar-refractivity contribution in [2.24, 2.45) is 0 Å². The van der Waals surface area contributed by atoms with Crippen molar-refractivity contribution in [2.75, 3.05) is 0 Å². The average molecular weight is 901 g/mol. The molecule has 2 aromatic heterocycles. The minimum atomic E-state index is -2.37. The van der Waals surface area contributed by atoms with E-state index < -0.39 is 6.85 Å². The number of fused-ring (bicyclic) bond motifs is 1. The molecule has 0 radical (unpaired) electrons. The Morgan fingerprint density at radius 3 is 2.15 bits per heavy atom. The zero-order valence-corrected chi connectivity index (χ0v) is 34.1. The molecular formula is C50H44N3OPt-. The molecule has 1 N–H and O–H groups in total. The number of aromatic nitrogens is 3. The molecule has 0 aliphatic heterocycles. The quantitative estimate of drug-likeness (QED) is 0.169. The molecule has 0 unspecified atom stereocenters. The molecule has 55 heavy (non-hydrogen) atoms. The molecule has 0 aliphatic rings. The molecule has 0 spiro atoms. The molecule has 0 amide bonds. The summed E-state index contributed by atoms with van der Waals surface area (Å²) in [6.07, 6.45) is 1.85. The summed E-state index contributed by atoms with van der Waals surface area (Å²) in [4.78, 5) is 10.2. The minimum Gasteiger partial charge on any atom is -0.507 e. The molecule has 0 aliphatic carbocycles. The van der Waals surface area contributed by atoms with Gasteiger partial charge in [0.2, 0.25) is 0 Å². The fourth-order valence-electron chi connectivity index (χ4n) is 7.22. The molecule has 6 aromatic carbocycles. The number of imidazole rings is 1. The fraction of sp³-hybridized carbons (Fsp3) is 0.160. The van der Waals surface area contributed by atoms with Crippen molar-refractivity contribution in [1.82, 2.24) is 14.5 Å². The Hall–Kier alpha value is -5.57. The van der Waals surface area contributed by atoms with Crippen LogP contribution in [0.4, 0.5) is 0 Å². The molecular weight excluding hydrogens is 854 g/mol. The average Bonchev–Trinajstić information content (AvgIpc) is 3.59. The van der Waals surface area contributed by atoms with Crippen LogP contribution in [-0.2, 0) is 26.5 Å². The molecule has 0 saturated heterocycles. The molecule has 0 fully saturated rings. The topological polar surface area (TPSA) is 50.9 Å². The number of phenolic OH excluding ortho intramolecular Hbond substituents is 1. The van der Waals surface area contributed by atoms with Gasteiger partial charge in [-0.15, -0.1) is 29.3 Å². The second-order valence-corrected chi connectivity index (χ2v) is 15.3. The van der Waals surface area contributed by atoms with Crippen molar-refractivity contribution in [3.8, 4) is 67.5 Å². The predicted octanol–water partition coefficient (Wildman–Crippen LogP) is 12.8. The number of aryl methyl sites for hydroxylation is 4. The number of aromatic hydroxyl groups is 1. The maximum atomic E-state index is 11.6. The first kappa shape index (κ1) is 34.0. The van der Waals surface area contributed by atoms with Crippen molar-refractivity contribution < 1.29 is 30.3 Å². The molecule has 5 heteroatoms. The Balaban J connectivity index is 0.00000512. The molecule has 276 valence electrons. The zero-order chi connectivity index (χ0) is 40.2. The normalized spacial score (nSPS) is 12.5. The SMILES string of the molecule is [2H]C([2H])([2H])c1cc(-c2ccccc2)cc(-n2c(-c3cc(C)cc(C)c3O)nc3c(-c4[c-]c(-c5cc(-c6ccc(C)cc6)ccn5)cc(C(C)(C)C)c4)cccc32)c1.[Pt]. The second-order valence-electron chi connectivity index (χ2n) is 15.3. The van der Waals surface area contributed by atoms with E-state index in [1.54, 1.807) is 12.1 Å². The van der Waals surface area contributed by atoms with E-state index >= 15 is 0 Å². The number of nitrogens with zero attached hydrogens (tertiary/aromatic N) is 3. The number of pyridine rings is 1. The number of hydrogen-bond donors (Lipinski definition) is 1. The number of para-hydroxylation sites is 1. The van der Waals surface area contributed by atoms with Gasteiger partial charge in [0.15, 0.2) is 0 Å². The molecule has 0 bridgehead atoms. The van der Waals surface area contributed by atoms with Gasteiger partial charge in [-0.2, -0.15) is 0 Å². The predicted molar refractivity (Wildman–Crippen MR) is 224 cm³/mol. The Kier molecular flexibility index (Phi) is 9.22. The van der Waals surface area contributed by atoms with Crippen LogP contribution in [0.1, 0.15) is 52.7 Å². The zero-order valence-electron chi connectivity index (χ0n) is 34.8. The number of benzene rings is 6. The van der Waals surface area contributed by atoms with Crippen LogP contribution in [0.15, 0.2) is 134 Å². The van der Waals surface area contributed by atoms with Gasteiger partial charge in [0.25, 0.3) is 0 Å². The van der Waals surface area contributed by atoms with Crippen LogP contribution in [0.5, 0.6) is 5.75 Å². The third-order valence-corrected chi connectivity index (χ3v) is 10.1. The van der Waals surface area contributed by atoms with E-state index in [9.17, 15) is 5.11 Å². The van der Waals surface area contributed by atoms with E-state index in [-0.39, 0.29) is 37.8 Å². The number of phenols is 1. The summed E-state index contributed by atoms with van der Waals surface area (Å²) in [5.41, 5.74) is 13.9. The fourth-order valence-corrected chi connectivity index (χ4v) is 7.22. The van der Waals surface area contributed by atoms with Crippen LogP contribution in [-0.4, -0.2) is 19.6 Å². The number of rotatable bonds is 6. The van der Waals surface area contributed by atoms with Crippen LogP contribution in [0, 0.1) is 33.7 Å². The minimum absolute atomic E-state index is 0. The van der Waals surface area contributed by atoms with Gasteiger partial charge < -0.3 is 5.11 Å². The third kappa shape index (κ3) is 7.44. The van der Waals surface area contributed by atoms with Crippen molar-refractivity contribution >= 4 is 11.0 Å². The Morgan fingerprint density at radius 2 is 1.40 bits per heavy atom. The smallest absolute Gasteiger partial charge is 0.148 e. The van der Waals surface area contributed by atoms with E-state index in [4.69, 9.17) is 14.1 Å². The van der Waals surface area contributed by atoms with Gasteiger partial charge in [0, 0.05) is 42.8 Å². The summed E-state index contributed by atoms with van der Waals surface area (Å²) >= 11 is 0. The molecule has 0 saturated carbocycles. The molecule has 0 atom stereocenters. The van der Waals surface area contributed by atoms with Gasteiger partial charge in [0.05, 0.1) is 16.6 Å². The van der Waals surface area contributed by atoms with E-state index in [2.05, 4.69) is 82.3 Å². The van der Waals surface area contributed by atoms with Crippen molar-refractivity contribution in [2.45, 2.75) is 53.8 Å². The first-order valence-corrected chi connectivity index (χ1v) is 18.3. The molecule has 4 nitrogen and oxygen atoms in total. The van der Waals surface area contributed by atoms with Crippen molar-refractivity contribution in [3.05, 3.63) is 167 Å². The first-order valence-electron chi connectivity index (χ1n) is 19.8.